The molecule has 7 aliphatic heterocycles. The van der Waals surface area contributed by atoms with Crippen LogP contribution < -0.4 is 41.5 Å². The van der Waals surface area contributed by atoms with Crippen LogP contribution in [0.25, 0.3) is 0 Å². The first kappa shape index (κ1) is 72.2. The van der Waals surface area contributed by atoms with Crippen LogP contribution in [0.3, 0.4) is 0 Å². The Labute approximate surface area is 594 Å². The summed E-state index contributed by atoms with van der Waals surface area (Å²) in [6.07, 6.45) is 2.78. The van der Waals surface area contributed by atoms with Gasteiger partial charge in [0, 0.05) is 41.5 Å². The molecule has 7 aliphatic rings. The average Bonchev–Trinajstić information content (AvgIpc) is 1.03. The van der Waals surface area contributed by atoms with Gasteiger partial charge in [0.2, 0.25) is 0 Å². The Morgan fingerprint density at radius 2 is 0.388 bits per heavy atom. The van der Waals surface area contributed by atoms with E-state index in [1.54, 1.807) is 0 Å². The third-order valence-corrected chi connectivity index (χ3v) is 79.8. The summed E-state index contributed by atoms with van der Waals surface area (Å²) in [4.78, 5) is 0. The maximum absolute atomic E-state index is 9.14. The van der Waals surface area contributed by atoms with Crippen LogP contribution in [-0.2, 0) is 57.6 Å². The second-order valence-electron chi connectivity index (χ2n) is 30.2. The van der Waals surface area contributed by atoms with Crippen molar-refractivity contribution < 1.29 is 57.6 Å². The zero-order valence-corrected chi connectivity index (χ0v) is 71.6. The van der Waals surface area contributed by atoms with Gasteiger partial charge in [-0.3, -0.25) is 0 Å². The van der Waals surface area contributed by atoms with Crippen molar-refractivity contribution in [1.82, 2.24) is 0 Å². The Bertz CT molecular complexity index is 3980. The van der Waals surface area contributed by atoms with Crippen molar-refractivity contribution in [3.63, 3.8) is 0 Å². The summed E-state index contributed by atoms with van der Waals surface area (Å²) < 4.78 is 126. The zero-order valence-electron chi connectivity index (χ0n) is 59.6. The fraction of sp³-hybridized carbons (Fsp3) is 0.333. The van der Waals surface area contributed by atoms with Crippen LogP contribution >= 0.6 is 0 Å². The van der Waals surface area contributed by atoms with E-state index in [-0.39, 0.29) is 0 Å². The molecule has 98 heavy (non-hydrogen) atoms. The molecule has 0 saturated carbocycles. The van der Waals surface area contributed by atoms with Crippen LogP contribution in [0.15, 0.2) is 243 Å². The minimum Gasteiger partial charge on any atom is -0.413 e. The minimum atomic E-state index is -5.39. The Kier molecular flexibility index (Phi) is 19.1. The van der Waals surface area contributed by atoms with Gasteiger partial charge in [-0.2, -0.15) is 0 Å². The molecule has 0 aliphatic carbocycles. The first-order chi connectivity index (χ1) is 46.4. The molecule has 8 aromatic carbocycles. The van der Waals surface area contributed by atoms with E-state index < -0.39 is 124 Å². The molecule has 0 N–H and O–H groups in total. The molecule has 26 heteroatoms. The van der Waals surface area contributed by atoms with Crippen LogP contribution in [0.4, 0.5) is 0 Å². The fourth-order valence-corrected chi connectivity index (χ4v) is 82.7. The summed E-state index contributed by atoms with van der Waals surface area (Å²) in [7, 11) is -55.9. The molecule has 8 aromatic rings. The van der Waals surface area contributed by atoms with Crippen LogP contribution in [0.1, 0.15) is 81.1 Å². The highest BCUT2D eigenvalue weighted by Crippen LogP contribution is 2.68. The van der Waals surface area contributed by atoms with Crippen LogP contribution in [0.2, 0.25) is 72.5 Å². The molecule has 7 fully saturated rings. The van der Waals surface area contributed by atoms with Crippen molar-refractivity contribution in [1.29, 1.82) is 0 Å². The quantitative estimate of drug-likeness (QED) is 0.114. The Balaban J connectivity index is 1.38. The normalized spacial score (nSPS) is 35.7. The third kappa shape index (κ3) is 11.9. The molecule has 0 radical (unpaired) electrons. The summed E-state index contributed by atoms with van der Waals surface area (Å²) in [5.74, 6) is 0. The molecule has 6 unspecified atom stereocenters. The van der Waals surface area contributed by atoms with Crippen LogP contribution in [0, 0.1) is 0 Å². The maximum Gasteiger partial charge on any atom is 0.515 e. The molecule has 8 bridgehead atoms. The number of rotatable bonds is 11. The highest BCUT2D eigenvalue weighted by molar-refractivity contribution is 7.12. The molecule has 0 spiro atoms. The van der Waals surface area contributed by atoms with E-state index in [9.17, 15) is 0 Å². The average molecular weight is 1520 g/mol. The van der Waals surface area contributed by atoms with Gasteiger partial charge in [0.15, 0.2) is 33.3 Å². The summed E-state index contributed by atoms with van der Waals surface area (Å²) in [5, 5.41) is 2.29. The predicted molar refractivity (Wildman–Crippen MR) is 414 cm³/mol. The Hall–Kier alpha value is -4.20. The Morgan fingerprint density at radius 1 is 0.224 bits per heavy atom. The summed E-state index contributed by atoms with van der Waals surface area (Å²) in [5.41, 5.74) is 0. The lowest BCUT2D eigenvalue weighted by Gasteiger charge is -2.61. The SMILES string of the molecule is CCC1(C)CC(C)(C)[Si](C)(C)O[Si]2(c3ccccc3)O[Si]3(c4ccccc4)O[Si]4(c5ccccc5)O[Si](c5ccccc5)(O[Si]5(c6ccccc6)O[Si](c6ccccc6)(O2)O[Si](c2ccccc2)(O3)O[Si](C)(C)[C@](C)(CC)C(C)(CC)[Si](C)(C)O[Si](c2ccccc2)(O4)O5)O[Si]1(C)C. The van der Waals surface area contributed by atoms with Crippen molar-refractivity contribution in [2.75, 3.05) is 0 Å². The lowest BCUT2D eigenvalue weighted by Crippen LogP contribution is -2.91. The minimum absolute atomic E-state index is 0.525. The topological polar surface area (TPSA) is 129 Å². The van der Waals surface area contributed by atoms with Crippen molar-refractivity contribution in [3.8, 4) is 0 Å². The zero-order chi connectivity index (χ0) is 69.6. The van der Waals surface area contributed by atoms with Gasteiger partial charge in [-0.25, -0.2) is 0 Å². The van der Waals surface area contributed by atoms with Gasteiger partial charge < -0.3 is 57.6 Å². The van der Waals surface area contributed by atoms with Crippen LogP contribution in [-0.4, -0.2) is 104 Å². The van der Waals surface area contributed by atoms with E-state index in [4.69, 9.17) is 57.6 Å². The van der Waals surface area contributed by atoms with E-state index in [0.717, 1.165) is 6.42 Å². The van der Waals surface area contributed by atoms with Gasteiger partial charge in [0.1, 0.15) is 0 Å². The fourth-order valence-electron chi connectivity index (χ4n) is 15.6. The summed E-state index contributed by atoms with van der Waals surface area (Å²) in [6, 6.07) is 80.9. The lowest BCUT2D eigenvalue weighted by molar-refractivity contribution is 0.0464. The molecule has 14 nitrogen and oxygen atoms in total. The van der Waals surface area contributed by atoms with E-state index in [1.165, 1.54) is 0 Å². The second kappa shape index (κ2) is 25.9. The van der Waals surface area contributed by atoms with Crippen molar-refractivity contribution in [2.24, 2.45) is 0 Å². The first-order valence-corrected chi connectivity index (χ1v) is 60.1. The van der Waals surface area contributed by atoms with Crippen molar-refractivity contribution >= 4 is 145 Å². The van der Waals surface area contributed by atoms with E-state index in [0.29, 0.717) is 60.8 Å². The number of hydrogen-bond acceptors (Lipinski definition) is 14. The van der Waals surface area contributed by atoms with E-state index in [2.05, 4.69) is 156 Å². The monoisotopic (exact) mass is 1520 g/mol. The predicted octanol–water partition coefficient (Wildman–Crippen LogP) is 12.6. The standard InChI is InChI=1S/C72H96O14Si12/c1-17-70(6)60-69(4,5)87(9,10)73-91(61-44-28-20-29-45-61)77-95(65-52-36-24-37-53-65)81-93(63-48-32-22-33-49-63)75-89(13,14)71(7,18-2)72(8,19-3)90(15,16)76-94(64-50-34-23-35-51-64)83-97(85-95,67-56-40-26-41-57-67)79-92(74-88(70,11)12,62-46-30-21-31-47-62)80-98(84-94,68-58-42-27-43-59-68)86-96(78-91,82-93)66-54-38-25-39-55-66/h20-59H,17-19,60H2,1-16H3/t70?,71-,72?,91?,92?,93?,94?,95?,96?,97?,98?/m1/s1. The molecule has 7 atom stereocenters. The second-order valence-corrected chi connectivity index (χ2v) is 72.0. The lowest BCUT2D eigenvalue weighted by atomic mass is 9.88. The van der Waals surface area contributed by atoms with Gasteiger partial charge in [-0.05, 0) is 78.9 Å². The number of hydrogen-bond donors (Lipinski definition) is 0. The number of fused-ring (bicyclic) bond motifs is 11. The molecule has 7 heterocycles. The molecule has 0 aromatic heterocycles. The smallest absolute Gasteiger partial charge is 0.413 e. The first-order valence-electron chi connectivity index (χ1n) is 34.6. The molecule has 7 saturated heterocycles. The van der Waals surface area contributed by atoms with E-state index >= 15 is 0 Å². The molecule has 15 rings (SSSR count). The van der Waals surface area contributed by atoms with Gasteiger partial charge in [-0.15, -0.1) is 0 Å². The van der Waals surface area contributed by atoms with Crippen LogP contribution in [0.5, 0.6) is 0 Å². The number of benzene rings is 8. The highest BCUT2D eigenvalue weighted by atomic mass is 28.6. The van der Waals surface area contributed by atoms with Gasteiger partial charge >= 0.3 is 70.4 Å². The summed E-state index contributed by atoms with van der Waals surface area (Å²) in [6.45, 7) is 37.4. The third-order valence-electron chi connectivity index (χ3n) is 23.2. The van der Waals surface area contributed by atoms with Crippen molar-refractivity contribution in [2.45, 2.75) is 154 Å². The van der Waals surface area contributed by atoms with Gasteiger partial charge in [0.05, 0.1) is 0 Å². The van der Waals surface area contributed by atoms with Crippen molar-refractivity contribution in [3.05, 3.63) is 243 Å². The van der Waals surface area contributed by atoms with E-state index in [1.807, 2.05) is 194 Å². The molecular formula is C72H96O14Si12. The molecular weight excluding hydrogens is 1430 g/mol. The van der Waals surface area contributed by atoms with Gasteiger partial charge in [-0.1, -0.05) is 317 Å². The largest absolute Gasteiger partial charge is 0.515 e. The Morgan fingerprint density at radius 3 is 0.561 bits per heavy atom. The summed E-state index contributed by atoms with van der Waals surface area (Å²) >= 11 is 0. The van der Waals surface area contributed by atoms with Gasteiger partial charge in [0.25, 0.3) is 0 Å². The molecule has 0 amide bonds. The highest BCUT2D eigenvalue weighted by Gasteiger charge is 2.83. The maximum atomic E-state index is 9.14. The molecule has 516 valence electrons.